The molecule has 0 saturated carbocycles. The SMILES string of the molecule is O=C(O)CCCN1CCNS1(=O)=O. The van der Waals surface area contributed by atoms with Crippen molar-refractivity contribution in [2.24, 2.45) is 0 Å². The van der Waals surface area contributed by atoms with E-state index in [0.717, 1.165) is 0 Å². The number of nitrogens with one attached hydrogen (secondary N) is 1. The fraction of sp³-hybridized carbons (Fsp3) is 0.833. The lowest BCUT2D eigenvalue weighted by Gasteiger charge is -2.11. The quantitative estimate of drug-likeness (QED) is 0.620. The second-order valence-corrected chi connectivity index (χ2v) is 4.55. The highest BCUT2D eigenvalue weighted by Gasteiger charge is 2.26. The van der Waals surface area contributed by atoms with Gasteiger partial charge in [0.25, 0.3) is 10.2 Å². The van der Waals surface area contributed by atoms with Gasteiger partial charge in [0.1, 0.15) is 0 Å². The van der Waals surface area contributed by atoms with Crippen molar-refractivity contribution in [3.63, 3.8) is 0 Å². The molecule has 76 valence electrons. The highest BCUT2D eigenvalue weighted by Crippen LogP contribution is 2.05. The summed E-state index contributed by atoms with van der Waals surface area (Å²) >= 11 is 0. The van der Waals surface area contributed by atoms with Gasteiger partial charge in [-0.05, 0) is 6.42 Å². The standard InChI is InChI=1S/C6H12N2O4S/c9-6(10)2-1-4-8-5-3-7-13(8,11)12/h7H,1-5H2,(H,9,10). The molecule has 0 aromatic carbocycles. The van der Waals surface area contributed by atoms with Gasteiger partial charge in [-0.2, -0.15) is 12.7 Å². The van der Waals surface area contributed by atoms with Crippen molar-refractivity contribution in [1.29, 1.82) is 0 Å². The Balaban J connectivity index is 2.33. The van der Waals surface area contributed by atoms with Gasteiger partial charge in [-0.1, -0.05) is 0 Å². The average Bonchev–Trinajstić information content (AvgIpc) is 2.30. The summed E-state index contributed by atoms with van der Waals surface area (Å²) in [6, 6.07) is 0. The lowest BCUT2D eigenvalue weighted by molar-refractivity contribution is -0.137. The average molecular weight is 208 g/mol. The van der Waals surface area contributed by atoms with Crippen molar-refractivity contribution in [1.82, 2.24) is 9.03 Å². The first-order chi connectivity index (χ1) is 6.02. The maximum atomic E-state index is 11.1. The Morgan fingerprint density at radius 1 is 1.54 bits per heavy atom. The van der Waals surface area contributed by atoms with E-state index in [2.05, 4.69) is 4.72 Å². The molecular weight excluding hydrogens is 196 g/mol. The van der Waals surface area contributed by atoms with Crippen LogP contribution in [0.1, 0.15) is 12.8 Å². The fourth-order valence-corrected chi connectivity index (χ4v) is 2.38. The van der Waals surface area contributed by atoms with Crippen molar-refractivity contribution in [2.45, 2.75) is 12.8 Å². The summed E-state index contributed by atoms with van der Waals surface area (Å²) in [5.74, 6) is -0.899. The van der Waals surface area contributed by atoms with Gasteiger partial charge >= 0.3 is 5.97 Å². The molecule has 0 aliphatic carbocycles. The Bertz CT molecular complexity index is 287. The summed E-state index contributed by atoms with van der Waals surface area (Å²) < 4.78 is 25.8. The van der Waals surface area contributed by atoms with E-state index in [9.17, 15) is 13.2 Å². The number of nitrogens with zero attached hydrogens (tertiary/aromatic N) is 1. The van der Waals surface area contributed by atoms with Gasteiger partial charge in [-0.3, -0.25) is 4.79 Å². The maximum absolute atomic E-state index is 11.1. The van der Waals surface area contributed by atoms with E-state index in [1.165, 1.54) is 4.31 Å². The molecule has 1 saturated heterocycles. The lowest BCUT2D eigenvalue weighted by Crippen LogP contribution is -2.30. The largest absolute Gasteiger partial charge is 0.481 e. The van der Waals surface area contributed by atoms with Crippen LogP contribution in [0.2, 0.25) is 0 Å². The molecule has 1 rings (SSSR count). The summed E-state index contributed by atoms with van der Waals surface area (Å²) in [6.45, 7) is 1.12. The first-order valence-electron chi connectivity index (χ1n) is 3.99. The van der Waals surface area contributed by atoms with Crippen LogP contribution in [0.5, 0.6) is 0 Å². The monoisotopic (exact) mass is 208 g/mol. The molecule has 13 heavy (non-hydrogen) atoms. The first kappa shape index (κ1) is 10.4. The van der Waals surface area contributed by atoms with Gasteiger partial charge in [-0.15, -0.1) is 0 Å². The molecule has 0 aromatic rings. The molecular formula is C6H12N2O4S. The van der Waals surface area contributed by atoms with Crippen LogP contribution in [-0.4, -0.2) is 43.4 Å². The van der Waals surface area contributed by atoms with Crippen LogP contribution in [-0.2, 0) is 15.0 Å². The van der Waals surface area contributed by atoms with Crippen LogP contribution < -0.4 is 4.72 Å². The Kier molecular flexibility index (Phi) is 3.23. The minimum Gasteiger partial charge on any atom is -0.481 e. The van der Waals surface area contributed by atoms with Crippen LogP contribution in [0.25, 0.3) is 0 Å². The van der Waals surface area contributed by atoms with Gasteiger partial charge in [0, 0.05) is 26.1 Å². The Morgan fingerprint density at radius 2 is 2.23 bits per heavy atom. The molecule has 0 radical (unpaired) electrons. The molecule has 0 unspecified atom stereocenters. The molecule has 1 aliphatic heterocycles. The third-order valence-electron chi connectivity index (χ3n) is 1.78. The fourth-order valence-electron chi connectivity index (χ4n) is 1.15. The van der Waals surface area contributed by atoms with E-state index < -0.39 is 16.2 Å². The van der Waals surface area contributed by atoms with Crippen molar-refractivity contribution < 1.29 is 18.3 Å². The zero-order valence-electron chi connectivity index (χ0n) is 7.06. The highest BCUT2D eigenvalue weighted by atomic mass is 32.2. The van der Waals surface area contributed by atoms with Crippen LogP contribution >= 0.6 is 0 Å². The van der Waals surface area contributed by atoms with Crippen LogP contribution in [0, 0.1) is 0 Å². The van der Waals surface area contributed by atoms with E-state index in [1.807, 2.05) is 0 Å². The molecule has 0 aromatic heterocycles. The summed E-state index contributed by atoms with van der Waals surface area (Å²) in [5.41, 5.74) is 0. The molecule has 0 spiro atoms. The summed E-state index contributed by atoms with van der Waals surface area (Å²) in [6.07, 6.45) is 0.363. The van der Waals surface area contributed by atoms with Gasteiger partial charge in [0.05, 0.1) is 0 Å². The van der Waals surface area contributed by atoms with E-state index in [0.29, 0.717) is 19.5 Å². The molecule has 1 fully saturated rings. The number of carboxylic acids is 1. The van der Waals surface area contributed by atoms with Crippen molar-refractivity contribution in [3.8, 4) is 0 Å². The van der Waals surface area contributed by atoms with E-state index >= 15 is 0 Å². The molecule has 6 nitrogen and oxygen atoms in total. The number of carbonyl (C=O) groups is 1. The summed E-state index contributed by atoms with van der Waals surface area (Å²) in [4.78, 5) is 10.2. The van der Waals surface area contributed by atoms with Crippen LogP contribution in [0.4, 0.5) is 0 Å². The number of hydrogen-bond donors (Lipinski definition) is 2. The number of aliphatic carboxylic acids is 1. The summed E-state index contributed by atoms with van der Waals surface area (Å²) in [5, 5.41) is 8.33. The third-order valence-corrected chi connectivity index (χ3v) is 3.40. The molecule has 1 aliphatic rings. The smallest absolute Gasteiger partial charge is 0.303 e. The molecule has 1 heterocycles. The zero-order valence-corrected chi connectivity index (χ0v) is 7.88. The van der Waals surface area contributed by atoms with Crippen LogP contribution in [0.3, 0.4) is 0 Å². The van der Waals surface area contributed by atoms with Crippen molar-refractivity contribution >= 4 is 16.2 Å². The van der Waals surface area contributed by atoms with Crippen molar-refractivity contribution in [3.05, 3.63) is 0 Å². The van der Waals surface area contributed by atoms with Gasteiger partial charge in [-0.25, -0.2) is 4.72 Å². The van der Waals surface area contributed by atoms with Crippen LogP contribution in [0.15, 0.2) is 0 Å². The molecule has 2 N–H and O–H groups in total. The van der Waals surface area contributed by atoms with Gasteiger partial charge < -0.3 is 5.11 Å². The minimum atomic E-state index is -3.29. The normalized spacial score (nSPS) is 21.8. The van der Waals surface area contributed by atoms with E-state index in [-0.39, 0.29) is 13.0 Å². The molecule has 0 bridgehead atoms. The number of hydrogen-bond acceptors (Lipinski definition) is 3. The van der Waals surface area contributed by atoms with E-state index in [1.54, 1.807) is 0 Å². The predicted molar refractivity (Wildman–Crippen MR) is 45.4 cm³/mol. The predicted octanol–water partition coefficient (Wildman–Crippen LogP) is -0.999. The van der Waals surface area contributed by atoms with Gasteiger partial charge in [0.2, 0.25) is 0 Å². The number of carboxylic acid groups (broad SMARTS) is 1. The number of rotatable bonds is 4. The Hall–Kier alpha value is -0.660. The van der Waals surface area contributed by atoms with E-state index in [4.69, 9.17) is 5.11 Å². The minimum absolute atomic E-state index is 0.00597. The lowest BCUT2D eigenvalue weighted by atomic mass is 10.3. The molecule has 7 heteroatoms. The van der Waals surface area contributed by atoms with Crippen molar-refractivity contribution in [2.75, 3.05) is 19.6 Å². The zero-order chi connectivity index (χ0) is 9.90. The maximum Gasteiger partial charge on any atom is 0.303 e. The second kappa shape index (κ2) is 4.03. The van der Waals surface area contributed by atoms with Gasteiger partial charge in [0.15, 0.2) is 0 Å². The molecule has 0 amide bonds. The Labute approximate surface area is 76.7 Å². The molecule has 0 atom stereocenters. The third kappa shape index (κ3) is 2.94. The first-order valence-corrected chi connectivity index (χ1v) is 5.43. The Morgan fingerprint density at radius 3 is 2.69 bits per heavy atom. The highest BCUT2D eigenvalue weighted by molar-refractivity contribution is 7.87. The summed E-state index contributed by atoms with van der Waals surface area (Å²) in [7, 11) is -3.29. The topological polar surface area (TPSA) is 86.7 Å². The second-order valence-electron chi connectivity index (χ2n) is 2.80.